The highest BCUT2D eigenvalue weighted by Crippen LogP contribution is 2.53. The number of piperidine rings is 1. The maximum Gasteiger partial charge on any atom is 0.248 e. The molecule has 1 spiro atoms. The van der Waals surface area contributed by atoms with Crippen molar-refractivity contribution >= 4 is 5.91 Å². The fourth-order valence-electron chi connectivity index (χ4n) is 6.86. The molecule has 0 aromatic heterocycles. The Morgan fingerprint density at radius 2 is 1.83 bits per heavy atom. The number of methoxy groups -OCH3 is 1. The summed E-state index contributed by atoms with van der Waals surface area (Å²) in [7, 11) is 1.86. The molecular formula is C24H34N2O3. The van der Waals surface area contributed by atoms with Gasteiger partial charge in [0.15, 0.2) is 0 Å². The number of nitrogens with zero attached hydrogens (tertiary/aromatic N) is 1. The maximum atomic E-state index is 11.8. The van der Waals surface area contributed by atoms with Crippen LogP contribution in [0.15, 0.2) is 24.3 Å². The molecule has 29 heavy (non-hydrogen) atoms. The fourth-order valence-corrected chi connectivity index (χ4v) is 6.86. The minimum atomic E-state index is -0.364. The lowest BCUT2D eigenvalue weighted by Gasteiger charge is -2.58. The van der Waals surface area contributed by atoms with E-state index in [1.165, 1.54) is 44.9 Å². The van der Waals surface area contributed by atoms with E-state index in [2.05, 4.69) is 11.0 Å². The van der Waals surface area contributed by atoms with E-state index in [4.69, 9.17) is 15.2 Å². The van der Waals surface area contributed by atoms with Crippen molar-refractivity contribution in [3.63, 3.8) is 0 Å². The fraction of sp³-hybridized carbons (Fsp3) is 0.708. The van der Waals surface area contributed by atoms with Gasteiger partial charge in [0.2, 0.25) is 5.91 Å². The number of benzene rings is 1. The van der Waals surface area contributed by atoms with Crippen LogP contribution >= 0.6 is 0 Å². The number of fused-ring (bicyclic) bond motifs is 2. The van der Waals surface area contributed by atoms with Gasteiger partial charge in [-0.1, -0.05) is 18.6 Å². The summed E-state index contributed by atoms with van der Waals surface area (Å²) in [5.41, 5.74) is 7.51. The van der Waals surface area contributed by atoms with Gasteiger partial charge in [0.1, 0.15) is 5.60 Å². The number of amides is 1. The van der Waals surface area contributed by atoms with Crippen molar-refractivity contribution in [1.29, 1.82) is 0 Å². The minimum absolute atomic E-state index is 0.294. The Morgan fingerprint density at radius 3 is 2.38 bits per heavy atom. The number of carbonyl (C=O) groups excluding carboxylic acids is 1. The molecule has 2 aliphatic heterocycles. The Morgan fingerprint density at radius 1 is 1.14 bits per heavy atom. The van der Waals surface area contributed by atoms with E-state index in [1.807, 2.05) is 25.3 Å². The topological polar surface area (TPSA) is 64.8 Å². The van der Waals surface area contributed by atoms with E-state index in [0.717, 1.165) is 31.9 Å². The molecule has 2 bridgehead atoms. The molecule has 5 heteroatoms. The Bertz CT molecular complexity index is 751. The van der Waals surface area contributed by atoms with Crippen LogP contribution in [0.1, 0.15) is 60.9 Å². The zero-order valence-corrected chi connectivity index (χ0v) is 17.6. The van der Waals surface area contributed by atoms with Gasteiger partial charge in [-0.2, -0.15) is 0 Å². The van der Waals surface area contributed by atoms with Gasteiger partial charge < -0.3 is 15.2 Å². The van der Waals surface area contributed by atoms with Crippen molar-refractivity contribution in [2.45, 2.75) is 56.6 Å². The summed E-state index contributed by atoms with van der Waals surface area (Å²) in [6, 6.07) is 8.59. The largest absolute Gasteiger partial charge is 0.380 e. The van der Waals surface area contributed by atoms with E-state index < -0.39 is 0 Å². The standard InChI is InChI=1S/C24H34N2O3/c1-28-24(18-5-2-4-17(12-18)22(25)27)19-6-3-7-20(24)14-26(13-19)21-8-10-23(11-9-21)15-29-16-23/h2,4-5,12,19-21H,3,6-11,13-16H2,1H3,(H2,25,27)/t19-,20+,24?. The Kier molecular flexibility index (Phi) is 4.96. The van der Waals surface area contributed by atoms with Gasteiger partial charge in [-0.05, 0) is 56.2 Å². The van der Waals surface area contributed by atoms with Gasteiger partial charge >= 0.3 is 0 Å². The van der Waals surface area contributed by atoms with Gasteiger partial charge in [-0.25, -0.2) is 0 Å². The van der Waals surface area contributed by atoms with Gasteiger partial charge in [0.25, 0.3) is 0 Å². The Balaban J connectivity index is 1.38. The average Bonchev–Trinajstić information content (AvgIpc) is 2.71. The smallest absolute Gasteiger partial charge is 0.248 e. The van der Waals surface area contributed by atoms with E-state index in [9.17, 15) is 4.79 Å². The van der Waals surface area contributed by atoms with Crippen molar-refractivity contribution in [2.75, 3.05) is 33.4 Å². The molecule has 2 saturated heterocycles. The Labute approximate surface area is 173 Å². The van der Waals surface area contributed by atoms with Gasteiger partial charge in [0.05, 0.1) is 13.2 Å². The van der Waals surface area contributed by atoms with Crippen molar-refractivity contribution in [3.05, 3.63) is 35.4 Å². The number of nitrogens with two attached hydrogens (primary N) is 1. The van der Waals surface area contributed by atoms with Crippen LogP contribution in [-0.4, -0.2) is 50.3 Å². The van der Waals surface area contributed by atoms with Crippen molar-refractivity contribution in [3.8, 4) is 0 Å². The van der Waals surface area contributed by atoms with Crippen LogP contribution in [0.25, 0.3) is 0 Å². The number of primary amides is 1. The van der Waals surface area contributed by atoms with Crippen molar-refractivity contribution in [2.24, 2.45) is 23.0 Å². The summed E-state index contributed by atoms with van der Waals surface area (Å²) in [5, 5.41) is 0. The summed E-state index contributed by atoms with van der Waals surface area (Å²) in [6.07, 6.45) is 8.90. The second-order valence-corrected chi connectivity index (χ2v) is 9.94. The molecule has 4 fully saturated rings. The summed E-state index contributed by atoms with van der Waals surface area (Å²) < 4.78 is 11.9. The van der Waals surface area contributed by atoms with Gasteiger partial charge in [-0.15, -0.1) is 0 Å². The highest BCUT2D eigenvalue weighted by molar-refractivity contribution is 5.92. The molecule has 2 N–H and O–H groups in total. The first-order valence-corrected chi connectivity index (χ1v) is 11.3. The maximum absolute atomic E-state index is 11.8. The lowest BCUT2D eigenvalue weighted by Crippen LogP contribution is -2.61. The molecular weight excluding hydrogens is 364 g/mol. The molecule has 1 unspecified atom stereocenters. The second-order valence-electron chi connectivity index (χ2n) is 9.94. The highest BCUT2D eigenvalue weighted by Gasteiger charge is 2.54. The van der Waals surface area contributed by atoms with Crippen molar-refractivity contribution in [1.82, 2.24) is 4.90 Å². The van der Waals surface area contributed by atoms with E-state index in [1.54, 1.807) is 0 Å². The molecule has 4 aliphatic rings. The van der Waals surface area contributed by atoms with Gasteiger partial charge in [0, 0.05) is 49.1 Å². The molecule has 1 aromatic carbocycles. The molecule has 1 amide bonds. The van der Waals surface area contributed by atoms with E-state index in [0.29, 0.717) is 28.9 Å². The summed E-state index contributed by atoms with van der Waals surface area (Å²) in [4.78, 5) is 14.6. The summed E-state index contributed by atoms with van der Waals surface area (Å²) in [6.45, 7) is 4.15. The number of rotatable bonds is 4. The molecule has 5 rings (SSSR count). The molecule has 2 saturated carbocycles. The third-order valence-electron chi connectivity index (χ3n) is 8.51. The third kappa shape index (κ3) is 3.13. The quantitative estimate of drug-likeness (QED) is 0.845. The SMILES string of the molecule is COC1(c2cccc(C(N)=O)c2)[C@@H]2CCC[C@H]1CN(C1CCC3(CC1)COC3)C2. The van der Waals surface area contributed by atoms with E-state index in [-0.39, 0.29) is 11.5 Å². The lowest BCUT2D eigenvalue weighted by molar-refractivity contribution is -0.182. The lowest BCUT2D eigenvalue weighted by atomic mass is 9.61. The predicted octanol–water partition coefficient (Wildman–Crippen LogP) is 3.32. The van der Waals surface area contributed by atoms with Crippen molar-refractivity contribution < 1.29 is 14.3 Å². The van der Waals surface area contributed by atoms with Crippen LogP contribution < -0.4 is 5.73 Å². The molecule has 158 valence electrons. The molecule has 2 heterocycles. The van der Waals surface area contributed by atoms with Crippen LogP contribution in [0.3, 0.4) is 0 Å². The average molecular weight is 399 g/mol. The second kappa shape index (κ2) is 7.36. The van der Waals surface area contributed by atoms with Crippen LogP contribution in [-0.2, 0) is 15.1 Å². The van der Waals surface area contributed by atoms with Crippen LogP contribution in [0.2, 0.25) is 0 Å². The molecule has 2 aliphatic carbocycles. The first-order valence-electron chi connectivity index (χ1n) is 11.3. The molecule has 0 radical (unpaired) electrons. The molecule has 1 aromatic rings. The number of carbonyl (C=O) groups is 1. The van der Waals surface area contributed by atoms with Crippen LogP contribution in [0.5, 0.6) is 0 Å². The highest BCUT2D eigenvalue weighted by atomic mass is 16.5. The molecule has 5 nitrogen and oxygen atoms in total. The zero-order valence-electron chi connectivity index (χ0n) is 17.6. The first-order chi connectivity index (χ1) is 14.1. The summed E-state index contributed by atoms with van der Waals surface area (Å²) in [5.74, 6) is 0.564. The monoisotopic (exact) mass is 398 g/mol. The Hall–Kier alpha value is -1.43. The number of hydrogen-bond donors (Lipinski definition) is 1. The number of hydrogen-bond acceptors (Lipinski definition) is 4. The minimum Gasteiger partial charge on any atom is -0.380 e. The number of ether oxygens (including phenoxy) is 2. The normalized spacial score (nSPS) is 34.7. The molecule has 3 atom stereocenters. The van der Waals surface area contributed by atoms with E-state index >= 15 is 0 Å². The first kappa shape index (κ1) is 19.5. The number of likely N-dealkylation sites (tertiary alicyclic amines) is 1. The third-order valence-corrected chi connectivity index (χ3v) is 8.51. The summed E-state index contributed by atoms with van der Waals surface area (Å²) >= 11 is 0. The predicted molar refractivity (Wildman–Crippen MR) is 112 cm³/mol. The van der Waals surface area contributed by atoms with Gasteiger partial charge in [-0.3, -0.25) is 9.69 Å². The van der Waals surface area contributed by atoms with Crippen LogP contribution in [0, 0.1) is 17.3 Å². The van der Waals surface area contributed by atoms with Crippen LogP contribution in [0.4, 0.5) is 0 Å². The zero-order chi connectivity index (χ0) is 20.1.